The summed E-state index contributed by atoms with van der Waals surface area (Å²) < 4.78 is 5.24. The quantitative estimate of drug-likeness (QED) is 0.691. The molecule has 0 amide bonds. The van der Waals surface area contributed by atoms with Gasteiger partial charge in [-0.2, -0.15) is 0 Å². The van der Waals surface area contributed by atoms with Crippen LogP contribution in [0.1, 0.15) is 30.8 Å². The van der Waals surface area contributed by atoms with E-state index in [0.717, 1.165) is 12.1 Å². The van der Waals surface area contributed by atoms with Gasteiger partial charge in [-0.15, -0.1) is 0 Å². The van der Waals surface area contributed by atoms with Gasteiger partial charge in [-0.3, -0.25) is 4.98 Å². The smallest absolute Gasteiger partial charge is 0.132 e. The van der Waals surface area contributed by atoms with Crippen molar-refractivity contribution in [1.82, 2.24) is 10.3 Å². The second-order valence-corrected chi connectivity index (χ2v) is 5.99. The zero-order valence-electron chi connectivity index (χ0n) is 13.7. The number of pyridine rings is 1. The molecule has 2 aromatic heterocycles. The number of furan rings is 1. The molecule has 0 bridgehead atoms. The Morgan fingerprint density at radius 1 is 1.08 bits per heavy atom. The van der Waals surface area contributed by atoms with Crippen LogP contribution in [0.15, 0.2) is 71.6 Å². The number of rotatable bonds is 7. The highest BCUT2D eigenvalue weighted by molar-refractivity contribution is 5.63. The highest BCUT2D eigenvalue weighted by Crippen LogP contribution is 2.21. The van der Waals surface area contributed by atoms with Crippen LogP contribution in [-0.4, -0.2) is 16.1 Å². The summed E-state index contributed by atoms with van der Waals surface area (Å²) in [6, 6.07) is 16.2. The highest BCUT2D eigenvalue weighted by Gasteiger charge is 2.14. The summed E-state index contributed by atoms with van der Waals surface area (Å²) in [5.41, 5.74) is 3.55. The molecule has 2 heterocycles. The van der Waals surface area contributed by atoms with E-state index in [1.807, 2.05) is 12.1 Å². The Labute approximate surface area is 142 Å². The van der Waals surface area contributed by atoms with Gasteiger partial charge < -0.3 is 14.8 Å². The summed E-state index contributed by atoms with van der Waals surface area (Å²) in [6.45, 7) is 2.82. The Morgan fingerprint density at radius 2 is 1.92 bits per heavy atom. The second kappa shape index (κ2) is 7.90. The predicted octanol–water partition coefficient (Wildman–Crippen LogP) is 3.94. The van der Waals surface area contributed by atoms with Crippen LogP contribution in [0.2, 0.25) is 0 Å². The average molecular weight is 322 g/mol. The van der Waals surface area contributed by atoms with Gasteiger partial charge in [-0.25, -0.2) is 0 Å². The van der Waals surface area contributed by atoms with E-state index in [9.17, 15) is 5.11 Å². The van der Waals surface area contributed by atoms with Gasteiger partial charge in [0.2, 0.25) is 0 Å². The number of aliphatic hydroxyl groups excluding tert-OH is 1. The molecule has 0 radical (unpaired) electrons. The molecule has 1 aromatic carbocycles. The molecule has 4 heteroatoms. The summed E-state index contributed by atoms with van der Waals surface area (Å²) in [5, 5.41) is 13.6. The maximum absolute atomic E-state index is 10.1. The third-order valence-corrected chi connectivity index (χ3v) is 4.04. The molecule has 2 N–H and O–H groups in total. The largest absolute Gasteiger partial charge is 0.467 e. The number of benzene rings is 1. The van der Waals surface area contributed by atoms with Crippen LogP contribution < -0.4 is 5.32 Å². The lowest BCUT2D eigenvalue weighted by Gasteiger charge is -2.17. The van der Waals surface area contributed by atoms with E-state index in [0.29, 0.717) is 12.2 Å². The van der Waals surface area contributed by atoms with Gasteiger partial charge in [0.1, 0.15) is 11.9 Å². The van der Waals surface area contributed by atoms with Crippen LogP contribution in [0.5, 0.6) is 0 Å². The van der Waals surface area contributed by atoms with E-state index in [-0.39, 0.29) is 6.04 Å². The molecule has 4 nitrogen and oxygen atoms in total. The van der Waals surface area contributed by atoms with Gasteiger partial charge >= 0.3 is 0 Å². The van der Waals surface area contributed by atoms with Crippen LogP contribution in [0.3, 0.4) is 0 Å². The molecule has 0 saturated carbocycles. The van der Waals surface area contributed by atoms with Crippen molar-refractivity contribution in [3.8, 4) is 11.1 Å². The first kappa shape index (κ1) is 16.4. The summed E-state index contributed by atoms with van der Waals surface area (Å²) in [6.07, 6.45) is 5.22. The second-order valence-electron chi connectivity index (χ2n) is 5.99. The van der Waals surface area contributed by atoms with Gasteiger partial charge in [0.05, 0.1) is 6.26 Å². The van der Waals surface area contributed by atoms with Gasteiger partial charge in [0.25, 0.3) is 0 Å². The molecule has 2 unspecified atom stereocenters. The van der Waals surface area contributed by atoms with Gasteiger partial charge in [-0.1, -0.05) is 18.2 Å². The topological polar surface area (TPSA) is 58.3 Å². The van der Waals surface area contributed by atoms with Crippen LogP contribution in [-0.2, 0) is 6.54 Å². The van der Waals surface area contributed by atoms with E-state index in [1.165, 1.54) is 11.1 Å². The number of hydrogen-bond acceptors (Lipinski definition) is 4. The van der Waals surface area contributed by atoms with Crippen LogP contribution in [0.25, 0.3) is 11.1 Å². The van der Waals surface area contributed by atoms with Crippen molar-refractivity contribution < 1.29 is 9.52 Å². The third kappa shape index (κ3) is 4.31. The number of aromatic nitrogens is 1. The zero-order chi connectivity index (χ0) is 16.8. The Kier molecular flexibility index (Phi) is 5.41. The fraction of sp³-hybridized carbons (Fsp3) is 0.250. The van der Waals surface area contributed by atoms with E-state index in [2.05, 4.69) is 41.5 Å². The van der Waals surface area contributed by atoms with Crippen molar-refractivity contribution in [1.29, 1.82) is 0 Å². The van der Waals surface area contributed by atoms with Crippen molar-refractivity contribution in [3.05, 3.63) is 78.5 Å². The lowest BCUT2D eigenvalue weighted by Crippen LogP contribution is -2.27. The SMILES string of the molecule is CC(CC(O)c1ccco1)NCc1cccc(-c2ccncc2)c1. The minimum atomic E-state index is -0.578. The Morgan fingerprint density at radius 3 is 2.67 bits per heavy atom. The van der Waals surface area contributed by atoms with Gasteiger partial charge in [0.15, 0.2) is 0 Å². The summed E-state index contributed by atoms with van der Waals surface area (Å²) >= 11 is 0. The lowest BCUT2D eigenvalue weighted by molar-refractivity contribution is 0.128. The van der Waals surface area contributed by atoms with Crippen LogP contribution >= 0.6 is 0 Å². The molecule has 0 aliphatic rings. The maximum atomic E-state index is 10.1. The molecule has 0 saturated heterocycles. The maximum Gasteiger partial charge on any atom is 0.132 e. The lowest BCUT2D eigenvalue weighted by atomic mass is 10.0. The van der Waals surface area contributed by atoms with Crippen molar-refractivity contribution in [2.45, 2.75) is 32.0 Å². The normalized spacial score (nSPS) is 13.6. The summed E-state index contributed by atoms with van der Waals surface area (Å²) in [4.78, 5) is 4.06. The molecule has 2 atom stereocenters. The van der Waals surface area contributed by atoms with Crippen molar-refractivity contribution >= 4 is 0 Å². The Hall–Kier alpha value is -2.43. The van der Waals surface area contributed by atoms with Crippen LogP contribution in [0.4, 0.5) is 0 Å². The molecule has 124 valence electrons. The standard InChI is InChI=1S/C20H22N2O2/c1-15(12-19(23)20-6-3-11-24-20)22-14-16-4-2-5-18(13-16)17-7-9-21-10-8-17/h2-11,13,15,19,22-23H,12,14H2,1H3. The van der Waals surface area contributed by atoms with Crippen molar-refractivity contribution in [2.75, 3.05) is 0 Å². The Bertz CT molecular complexity index is 741. The van der Waals surface area contributed by atoms with E-state index in [1.54, 1.807) is 30.8 Å². The number of nitrogens with one attached hydrogen (secondary N) is 1. The van der Waals surface area contributed by atoms with Crippen LogP contribution in [0, 0.1) is 0 Å². The summed E-state index contributed by atoms with van der Waals surface area (Å²) in [5.74, 6) is 0.614. The molecular formula is C20H22N2O2. The van der Waals surface area contributed by atoms with E-state index in [4.69, 9.17) is 4.42 Å². The highest BCUT2D eigenvalue weighted by atomic mass is 16.4. The monoisotopic (exact) mass is 322 g/mol. The van der Waals surface area contributed by atoms with Crippen molar-refractivity contribution in [3.63, 3.8) is 0 Å². The molecule has 0 aliphatic heterocycles. The number of hydrogen-bond donors (Lipinski definition) is 2. The predicted molar refractivity (Wildman–Crippen MR) is 94.3 cm³/mol. The minimum absolute atomic E-state index is 0.176. The van der Waals surface area contributed by atoms with E-state index < -0.39 is 6.10 Å². The first-order valence-corrected chi connectivity index (χ1v) is 8.16. The fourth-order valence-electron chi connectivity index (χ4n) is 2.71. The molecule has 3 rings (SSSR count). The van der Waals surface area contributed by atoms with E-state index >= 15 is 0 Å². The number of nitrogens with zero attached hydrogens (tertiary/aromatic N) is 1. The molecule has 0 fully saturated rings. The molecule has 0 aliphatic carbocycles. The zero-order valence-corrected chi connectivity index (χ0v) is 13.7. The minimum Gasteiger partial charge on any atom is -0.467 e. The van der Waals surface area contributed by atoms with Crippen molar-refractivity contribution in [2.24, 2.45) is 0 Å². The molecule has 3 aromatic rings. The average Bonchev–Trinajstić information content (AvgIpc) is 3.16. The molecular weight excluding hydrogens is 300 g/mol. The van der Waals surface area contributed by atoms with Gasteiger partial charge in [0, 0.05) is 25.0 Å². The molecule has 0 spiro atoms. The summed E-state index contributed by atoms with van der Waals surface area (Å²) in [7, 11) is 0. The van der Waals surface area contributed by atoms with Gasteiger partial charge in [-0.05, 0) is 60.4 Å². The third-order valence-electron chi connectivity index (χ3n) is 4.04. The number of aliphatic hydroxyl groups is 1. The fourth-order valence-corrected chi connectivity index (χ4v) is 2.71. The Balaban J connectivity index is 1.56. The first-order chi connectivity index (χ1) is 11.7. The molecule has 24 heavy (non-hydrogen) atoms. The first-order valence-electron chi connectivity index (χ1n) is 8.16.